The largest absolute Gasteiger partial charge is 0.497 e. The van der Waals surface area contributed by atoms with E-state index in [-0.39, 0.29) is 0 Å². The number of halogens is 1. The van der Waals surface area contributed by atoms with Crippen LogP contribution in [-0.2, 0) is 0 Å². The summed E-state index contributed by atoms with van der Waals surface area (Å²) in [7, 11) is 1.67. The van der Waals surface area contributed by atoms with Gasteiger partial charge in [0.25, 0.3) is 0 Å². The Morgan fingerprint density at radius 3 is 2.62 bits per heavy atom. The third-order valence-electron chi connectivity index (χ3n) is 4.30. The van der Waals surface area contributed by atoms with Gasteiger partial charge in [-0.25, -0.2) is 0 Å². The fourth-order valence-electron chi connectivity index (χ4n) is 3.00. The fraction of sp³-hybridized carbons (Fsp3) is 0.333. The first kappa shape index (κ1) is 14.3. The molecule has 0 heterocycles. The first-order chi connectivity index (χ1) is 10.2. The van der Waals surface area contributed by atoms with Crippen molar-refractivity contribution in [1.82, 2.24) is 0 Å². The first-order valence-electron chi connectivity index (χ1n) is 7.33. The summed E-state index contributed by atoms with van der Waals surface area (Å²) in [6.07, 6.45) is 2.30. The van der Waals surface area contributed by atoms with E-state index in [9.17, 15) is 0 Å². The molecule has 3 heteroatoms. The molecule has 1 aliphatic rings. The number of ether oxygens (including phenoxy) is 1. The highest BCUT2D eigenvalue weighted by molar-refractivity contribution is 6.33. The Labute approximate surface area is 131 Å². The Kier molecular flexibility index (Phi) is 4.07. The quantitative estimate of drug-likeness (QED) is 0.856. The molecule has 1 aliphatic carbocycles. The number of hydrogen-bond donors (Lipinski definition) is 1. The van der Waals surface area contributed by atoms with Crippen molar-refractivity contribution in [3.05, 3.63) is 58.6 Å². The summed E-state index contributed by atoms with van der Waals surface area (Å²) in [6.45, 7) is 2.19. The summed E-state index contributed by atoms with van der Waals surface area (Å²) in [5.74, 6) is 1.49. The molecule has 0 bridgehead atoms. The van der Waals surface area contributed by atoms with E-state index in [0.29, 0.717) is 12.0 Å². The van der Waals surface area contributed by atoms with Crippen molar-refractivity contribution in [3.63, 3.8) is 0 Å². The van der Waals surface area contributed by atoms with Gasteiger partial charge in [0.15, 0.2) is 0 Å². The van der Waals surface area contributed by atoms with Crippen LogP contribution in [0.15, 0.2) is 42.5 Å². The molecule has 1 fully saturated rings. The molecule has 1 N–H and O–H groups in total. The first-order valence-corrected chi connectivity index (χ1v) is 7.71. The number of nitrogens with one attached hydrogen (secondary N) is 1. The smallest absolute Gasteiger partial charge is 0.121 e. The molecule has 2 nitrogen and oxygen atoms in total. The van der Waals surface area contributed by atoms with Crippen molar-refractivity contribution in [1.29, 1.82) is 0 Å². The molecule has 2 aromatic rings. The Morgan fingerprint density at radius 2 is 1.90 bits per heavy atom. The minimum Gasteiger partial charge on any atom is -0.497 e. The maximum Gasteiger partial charge on any atom is 0.121 e. The monoisotopic (exact) mass is 301 g/mol. The van der Waals surface area contributed by atoms with Crippen LogP contribution in [0.25, 0.3) is 0 Å². The van der Waals surface area contributed by atoms with Gasteiger partial charge in [-0.3, -0.25) is 0 Å². The molecule has 0 radical (unpaired) electrons. The van der Waals surface area contributed by atoms with Crippen LogP contribution in [0.2, 0.25) is 5.02 Å². The van der Waals surface area contributed by atoms with E-state index in [0.717, 1.165) is 29.3 Å². The van der Waals surface area contributed by atoms with Crippen molar-refractivity contribution in [2.24, 2.45) is 0 Å². The molecule has 2 aromatic carbocycles. The zero-order valence-corrected chi connectivity index (χ0v) is 13.2. The van der Waals surface area contributed by atoms with Crippen molar-refractivity contribution < 1.29 is 4.74 Å². The molecule has 1 saturated carbocycles. The van der Waals surface area contributed by atoms with Crippen LogP contribution < -0.4 is 10.1 Å². The zero-order chi connectivity index (χ0) is 14.8. The maximum absolute atomic E-state index is 6.24. The van der Waals surface area contributed by atoms with Crippen molar-refractivity contribution in [3.8, 4) is 5.75 Å². The summed E-state index contributed by atoms with van der Waals surface area (Å²) in [4.78, 5) is 0. The van der Waals surface area contributed by atoms with E-state index in [1.807, 2.05) is 18.2 Å². The topological polar surface area (TPSA) is 21.3 Å². The standard InChI is InChI=1S/C18H20ClNO/c1-12-5-3-4-6-16(12)13-9-14(10-13)20-18-11-15(21-2)7-8-17(18)19/h3-8,11,13-14,20H,9-10H2,1-2H3. The molecule has 3 rings (SSSR count). The zero-order valence-electron chi connectivity index (χ0n) is 12.4. The van der Waals surface area contributed by atoms with E-state index in [2.05, 4.69) is 36.5 Å². The Balaban J connectivity index is 1.64. The highest BCUT2D eigenvalue weighted by Gasteiger charge is 2.31. The van der Waals surface area contributed by atoms with Gasteiger partial charge in [-0.2, -0.15) is 0 Å². The SMILES string of the molecule is COc1ccc(Cl)c(NC2CC(c3ccccc3C)C2)c1. The molecule has 0 aliphatic heterocycles. The van der Waals surface area contributed by atoms with E-state index >= 15 is 0 Å². The molecule has 0 atom stereocenters. The molecule has 0 aromatic heterocycles. The lowest BCUT2D eigenvalue weighted by Gasteiger charge is -2.37. The van der Waals surface area contributed by atoms with Crippen LogP contribution >= 0.6 is 11.6 Å². The predicted octanol–water partition coefficient (Wildman–Crippen LogP) is 5.02. The van der Waals surface area contributed by atoms with Crippen molar-refractivity contribution in [2.75, 3.05) is 12.4 Å². The van der Waals surface area contributed by atoms with Gasteiger partial charge < -0.3 is 10.1 Å². The highest BCUT2D eigenvalue weighted by atomic mass is 35.5. The molecule has 21 heavy (non-hydrogen) atoms. The van der Waals surface area contributed by atoms with Crippen molar-refractivity contribution in [2.45, 2.75) is 31.7 Å². The van der Waals surface area contributed by atoms with E-state index in [1.54, 1.807) is 7.11 Å². The summed E-state index contributed by atoms with van der Waals surface area (Å²) in [5, 5.41) is 4.27. The number of rotatable bonds is 4. The lowest BCUT2D eigenvalue weighted by atomic mass is 9.74. The lowest BCUT2D eigenvalue weighted by Crippen LogP contribution is -2.34. The van der Waals surface area contributed by atoms with Crippen LogP contribution in [0, 0.1) is 6.92 Å². The number of benzene rings is 2. The second kappa shape index (κ2) is 5.98. The second-order valence-electron chi connectivity index (χ2n) is 5.71. The van der Waals surface area contributed by atoms with Gasteiger partial charge in [-0.15, -0.1) is 0 Å². The van der Waals surface area contributed by atoms with Gasteiger partial charge in [-0.05, 0) is 48.9 Å². The van der Waals surface area contributed by atoms with Gasteiger partial charge in [0, 0.05) is 12.1 Å². The lowest BCUT2D eigenvalue weighted by molar-refractivity contribution is 0.372. The molecule has 0 amide bonds. The Morgan fingerprint density at radius 1 is 1.14 bits per heavy atom. The Bertz CT molecular complexity index is 635. The average Bonchev–Trinajstić information content (AvgIpc) is 2.45. The number of hydrogen-bond acceptors (Lipinski definition) is 2. The summed E-state index contributed by atoms with van der Waals surface area (Å²) in [5.41, 5.74) is 3.83. The van der Waals surface area contributed by atoms with Crippen LogP contribution in [0.4, 0.5) is 5.69 Å². The maximum atomic E-state index is 6.24. The Hall–Kier alpha value is -1.67. The molecular formula is C18H20ClNO. The van der Waals surface area contributed by atoms with Gasteiger partial charge in [0.2, 0.25) is 0 Å². The molecule has 110 valence electrons. The van der Waals surface area contributed by atoms with E-state index < -0.39 is 0 Å². The van der Waals surface area contributed by atoms with Crippen LogP contribution in [0.1, 0.15) is 29.9 Å². The van der Waals surface area contributed by atoms with E-state index in [4.69, 9.17) is 16.3 Å². The third-order valence-corrected chi connectivity index (χ3v) is 4.63. The van der Waals surface area contributed by atoms with Crippen molar-refractivity contribution >= 4 is 17.3 Å². The minimum absolute atomic E-state index is 0.485. The fourth-order valence-corrected chi connectivity index (χ4v) is 3.17. The second-order valence-corrected chi connectivity index (χ2v) is 6.12. The third kappa shape index (κ3) is 3.01. The van der Waals surface area contributed by atoms with Gasteiger partial charge in [0.05, 0.1) is 17.8 Å². The molecule has 0 saturated heterocycles. The van der Waals surface area contributed by atoms with Gasteiger partial charge in [0.1, 0.15) is 5.75 Å². The van der Waals surface area contributed by atoms with Gasteiger partial charge >= 0.3 is 0 Å². The normalized spacial score (nSPS) is 20.7. The van der Waals surface area contributed by atoms with Crippen LogP contribution in [0.5, 0.6) is 5.75 Å². The van der Waals surface area contributed by atoms with Crippen LogP contribution in [-0.4, -0.2) is 13.2 Å². The highest BCUT2D eigenvalue weighted by Crippen LogP contribution is 2.40. The molecule has 0 spiro atoms. The number of methoxy groups -OCH3 is 1. The molecular weight excluding hydrogens is 282 g/mol. The number of anilines is 1. The summed E-state index contributed by atoms with van der Waals surface area (Å²) in [6, 6.07) is 14.9. The summed E-state index contributed by atoms with van der Waals surface area (Å²) >= 11 is 6.24. The molecule has 0 unspecified atom stereocenters. The van der Waals surface area contributed by atoms with Crippen LogP contribution in [0.3, 0.4) is 0 Å². The average molecular weight is 302 g/mol. The number of aryl methyl sites for hydroxylation is 1. The van der Waals surface area contributed by atoms with E-state index in [1.165, 1.54) is 11.1 Å². The van der Waals surface area contributed by atoms with Gasteiger partial charge in [-0.1, -0.05) is 35.9 Å². The predicted molar refractivity (Wildman–Crippen MR) is 88.6 cm³/mol. The minimum atomic E-state index is 0.485. The summed E-state index contributed by atoms with van der Waals surface area (Å²) < 4.78 is 5.25.